The van der Waals surface area contributed by atoms with E-state index in [1.165, 1.54) is 4.90 Å². The Morgan fingerprint density at radius 2 is 1.45 bits per heavy atom. The van der Waals surface area contributed by atoms with Crippen molar-refractivity contribution in [1.82, 2.24) is 9.80 Å². The third kappa shape index (κ3) is 3.95. The lowest BCUT2D eigenvalue weighted by Gasteiger charge is -2.41. The Labute approximate surface area is 182 Å². The van der Waals surface area contributed by atoms with Crippen molar-refractivity contribution in [2.75, 3.05) is 21.3 Å². The smallest absolute Gasteiger partial charge is 0.229 e. The molecule has 3 fully saturated rings. The average molecular weight is 431 g/mol. The summed E-state index contributed by atoms with van der Waals surface area (Å²) in [6, 6.07) is 3.71. The van der Waals surface area contributed by atoms with E-state index in [-0.39, 0.29) is 35.8 Å². The van der Waals surface area contributed by atoms with Crippen LogP contribution in [0.2, 0.25) is 0 Å². The Balaban J connectivity index is 1.44. The molecule has 31 heavy (non-hydrogen) atoms. The third-order valence-corrected chi connectivity index (χ3v) is 6.86. The monoisotopic (exact) mass is 430 g/mol. The normalized spacial score (nSPS) is 25.2. The van der Waals surface area contributed by atoms with Crippen molar-refractivity contribution in [2.45, 2.75) is 69.5 Å². The molecule has 0 N–H and O–H groups in total. The zero-order valence-corrected chi connectivity index (χ0v) is 18.4. The van der Waals surface area contributed by atoms with E-state index in [4.69, 9.17) is 14.2 Å². The van der Waals surface area contributed by atoms with Crippen molar-refractivity contribution in [3.63, 3.8) is 0 Å². The molecule has 168 valence electrons. The molecule has 3 saturated heterocycles. The Hall–Kier alpha value is -2.77. The molecular formula is C23H30N2O6. The molecule has 1 aromatic rings. The lowest BCUT2D eigenvalue weighted by atomic mass is 9.95. The number of piperidine rings is 1. The Morgan fingerprint density at radius 3 is 1.94 bits per heavy atom. The summed E-state index contributed by atoms with van der Waals surface area (Å²) in [4.78, 5) is 41.0. The van der Waals surface area contributed by atoms with Gasteiger partial charge in [-0.25, -0.2) is 0 Å². The van der Waals surface area contributed by atoms with Gasteiger partial charge in [0.2, 0.25) is 17.7 Å². The van der Waals surface area contributed by atoms with E-state index in [2.05, 4.69) is 0 Å². The molecule has 0 aromatic heterocycles. The minimum atomic E-state index is -0.0640. The average Bonchev–Trinajstić information content (AvgIpc) is 3.25. The number of rotatable bonds is 7. The molecular weight excluding hydrogens is 400 g/mol. The molecule has 0 radical (unpaired) electrons. The summed E-state index contributed by atoms with van der Waals surface area (Å²) in [5.74, 6) is 1.88. The zero-order valence-electron chi connectivity index (χ0n) is 18.4. The fraction of sp³-hybridized carbons (Fsp3) is 0.609. The van der Waals surface area contributed by atoms with Gasteiger partial charge in [0, 0.05) is 55.1 Å². The van der Waals surface area contributed by atoms with E-state index < -0.39 is 0 Å². The van der Waals surface area contributed by atoms with E-state index in [0.29, 0.717) is 55.8 Å². The first kappa shape index (κ1) is 21.5. The maximum absolute atomic E-state index is 13.2. The van der Waals surface area contributed by atoms with Crippen LogP contribution >= 0.6 is 0 Å². The van der Waals surface area contributed by atoms with Gasteiger partial charge >= 0.3 is 0 Å². The number of carbonyl (C=O) groups excluding carboxylic acids is 3. The molecule has 2 atom stereocenters. The van der Waals surface area contributed by atoms with E-state index in [9.17, 15) is 14.4 Å². The predicted molar refractivity (Wildman–Crippen MR) is 112 cm³/mol. The van der Waals surface area contributed by atoms with Crippen LogP contribution in [0.1, 0.15) is 50.5 Å². The summed E-state index contributed by atoms with van der Waals surface area (Å²) in [6.07, 6.45) is 4.72. The summed E-state index contributed by atoms with van der Waals surface area (Å²) in [6.45, 7) is 0. The fourth-order valence-electron chi connectivity index (χ4n) is 5.45. The van der Waals surface area contributed by atoms with Crippen molar-refractivity contribution in [1.29, 1.82) is 0 Å². The third-order valence-electron chi connectivity index (χ3n) is 6.86. The summed E-state index contributed by atoms with van der Waals surface area (Å²) in [7, 11) is 4.76. The van der Waals surface area contributed by atoms with Crippen LogP contribution in [0.25, 0.3) is 0 Å². The first-order valence-electron chi connectivity index (χ1n) is 10.9. The van der Waals surface area contributed by atoms with Crippen LogP contribution in [0.5, 0.6) is 17.2 Å². The van der Waals surface area contributed by atoms with Crippen LogP contribution in [0, 0.1) is 0 Å². The number of nitrogens with zero attached hydrogens (tertiary/aromatic N) is 2. The Bertz CT molecular complexity index is 830. The number of ether oxygens (including phenoxy) is 3. The van der Waals surface area contributed by atoms with Gasteiger partial charge in [-0.15, -0.1) is 0 Å². The Kier molecular flexibility index (Phi) is 6.07. The number of hydrogen-bond donors (Lipinski definition) is 0. The van der Waals surface area contributed by atoms with Gasteiger partial charge in [0.1, 0.15) is 17.2 Å². The second-order valence-corrected chi connectivity index (χ2v) is 8.48. The van der Waals surface area contributed by atoms with Crippen LogP contribution in [0.3, 0.4) is 0 Å². The molecule has 1 aromatic carbocycles. The predicted octanol–water partition coefficient (Wildman–Crippen LogP) is 2.32. The van der Waals surface area contributed by atoms with Gasteiger partial charge < -0.3 is 19.1 Å². The number of fused-ring (bicyclic) bond motifs is 2. The highest BCUT2D eigenvalue weighted by molar-refractivity contribution is 6.02. The number of benzene rings is 1. The van der Waals surface area contributed by atoms with Crippen molar-refractivity contribution in [2.24, 2.45) is 0 Å². The van der Waals surface area contributed by atoms with Gasteiger partial charge in [0.15, 0.2) is 0 Å². The van der Waals surface area contributed by atoms with Crippen LogP contribution < -0.4 is 14.2 Å². The molecule has 0 spiro atoms. The molecule has 8 nitrogen and oxygen atoms in total. The maximum atomic E-state index is 13.2. The van der Waals surface area contributed by atoms with Crippen LogP contribution in [0.4, 0.5) is 0 Å². The van der Waals surface area contributed by atoms with Crippen molar-refractivity contribution < 1.29 is 28.6 Å². The molecule has 0 saturated carbocycles. The SMILES string of the molecule is COc1cc(OC)c(CCC(=O)N2C3CCC2CC(N2C(=O)CCC2=O)C3)c(OC)c1. The van der Waals surface area contributed by atoms with Gasteiger partial charge in [0.05, 0.1) is 21.3 Å². The Morgan fingerprint density at radius 1 is 0.903 bits per heavy atom. The minimum Gasteiger partial charge on any atom is -0.496 e. The number of hydrogen-bond acceptors (Lipinski definition) is 6. The highest BCUT2D eigenvalue weighted by Crippen LogP contribution is 2.40. The lowest BCUT2D eigenvalue weighted by molar-refractivity contribution is -0.144. The topological polar surface area (TPSA) is 85.4 Å². The van der Waals surface area contributed by atoms with Crippen LogP contribution in [0.15, 0.2) is 12.1 Å². The first-order valence-corrected chi connectivity index (χ1v) is 10.9. The standard InChI is InChI=1S/C23H30N2O6/c1-29-17-12-19(30-2)18(20(13-17)31-3)6-7-21(26)24-14-4-5-15(24)11-16(10-14)25-22(27)8-9-23(25)28/h12-16H,4-11H2,1-3H3. The minimum absolute atomic E-state index is 0.0622. The summed E-state index contributed by atoms with van der Waals surface area (Å²) in [5, 5.41) is 0. The zero-order chi connectivity index (χ0) is 22.1. The molecule has 4 rings (SSSR count). The van der Waals surface area contributed by atoms with Gasteiger partial charge in [-0.05, 0) is 32.1 Å². The molecule has 3 aliphatic heterocycles. The number of methoxy groups -OCH3 is 3. The van der Waals surface area contributed by atoms with Crippen LogP contribution in [-0.2, 0) is 20.8 Å². The molecule has 2 bridgehead atoms. The number of imide groups is 1. The van der Waals surface area contributed by atoms with E-state index >= 15 is 0 Å². The fourth-order valence-corrected chi connectivity index (χ4v) is 5.45. The van der Waals surface area contributed by atoms with Crippen molar-refractivity contribution >= 4 is 17.7 Å². The number of likely N-dealkylation sites (tertiary alicyclic amines) is 1. The second kappa shape index (κ2) is 8.77. The van der Waals surface area contributed by atoms with Crippen molar-refractivity contribution in [3.05, 3.63) is 17.7 Å². The number of amides is 3. The first-order chi connectivity index (χ1) is 15.0. The largest absolute Gasteiger partial charge is 0.496 e. The molecule has 8 heteroatoms. The van der Waals surface area contributed by atoms with Gasteiger partial charge in [-0.3, -0.25) is 19.3 Å². The second-order valence-electron chi connectivity index (χ2n) is 8.48. The van der Waals surface area contributed by atoms with Crippen molar-refractivity contribution in [3.8, 4) is 17.2 Å². The molecule has 0 aliphatic carbocycles. The van der Waals surface area contributed by atoms with Gasteiger partial charge in [-0.2, -0.15) is 0 Å². The van der Waals surface area contributed by atoms with Crippen LogP contribution in [-0.4, -0.2) is 67.0 Å². The molecule has 3 aliphatic rings. The highest BCUT2D eigenvalue weighted by Gasteiger charge is 2.47. The quantitative estimate of drug-likeness (QED) is 0.617. The van der Waals surface area contributed by atoms with E-state index in [0.717, 1.165) is 18.4 Å². The molecule has 2 unspecified atom stereocenters. The molecule has 3 amide bonds. The highest BCUT2D eigenvalue weighted by atomic mass is 16.5. The lowest BCUT2D eigenvalue weighted by Crippen LogP contribution is -2.53. The maximum Gasteiger partial charge on any atom is 0.229 e. The summed E-state index contributed by atoms with van der Waals surface area (Å²) < 4.78 is 16.3. The molecule has 3 heterocycles. The van der Waals surface area contributed by atoms with E-state index in [1.54, 1.807) is 33.5 Å². The van der Waals surface area contributed by atoms with Gasteiger partial charge in [0.25, 0.3) is 0 Å². The number of carbonyl (C=O) groups is 3. The van der Waals surface area contributed by atoms with E-state index in [1.807, 2.05) is 4.90 Å². The summed E-state index contributed by atoms with van der Waals surface area (Å²) in [5.41, 5.74) is 0.842. The van der Waals surface area contributed by atoms with Gasteiger partial charge in [-0.1, -0.05) is 0 Å². The summed E-state index contributed by atoms with van der Waals surface area (Å²) >= 11 is 0.